The number of hydrogen-bond donors (Lipinski definition) is 1. The molecule has 6 nitrogen and oxygen atoms in total. The van der Waals surface area contributed by atoms with E-state index in [9.17, 15) is 13.2 Å². The van der Waals surface area contributed by atoms with Crippen LogP contribution in [0.25, 0.3) is 0 Å². The van der Waals surface area contributed by atoms with Crippen LogP contribution < -0.4 is 10.1 Å². The lowest BCUT2D eigenvalue weighted by molar-refractivity contribution is -0.126. The van der Waals surface area contributed by atoms with Gasteiger partial charge in [0.15, 0.2) is 0 Å². The number of nitrogens with one attached hydrogen (secondary N) is 1. The maximum Gasteiger partial charge on any atom is 0.243 e. The van der Waals surface area contributed by atoms with E-state index in [2.05, 4.69) is 5.32 Å². The number of rotatable bonds is 8. The van der Waals surface area contributed by atoms with Gasteiger partial charge in [0.1, 0.15) is 5.75 Å². The predicted molar refractivity (Wildman–Crippen MR) is 112 cm³/mol. The third kappa shape index (κ3) is 5.58. The van der Waals surface area contributed by atoms with Crippen LogP contribution >= 0.6 is 0 Å². The molecule has 7 heteroatoms. The highest BCUT2D eigenvalue weighted by Crippen LogP contribution is 2.25. The maximum absolute atomic E-state index is 13.0. The van der Waals surface area contributed by atoms with Crippen molar-refractivity contribution >= 4 is 15.9 Å². The van der Waals surface area contributed by atoms with Gasteiger partial charge in [-0.2, -0.15) is 4.31 Å². The lowest BCUT2D eigenvalue weighted by Crippen LogP contribution is -2.45. The smallest absolute Gasteiger partial charge is 0.243 e. The monoisotopic (exact) mass is 416 g/mol. The molecule has 0 unspecified atom stereocenters. The van der Waals surface area contributed by atoms with Gasteiger partial charge in [-0.3, -0.25) is 4.79 Å². The van der Waals surface area contributed by atoms with Crippen molar-refractivity contribution < 1.29 is 17.9 Å². The Bertz CT molecular complexity index is 898. The third-order valence-corrected chi connectivity index (χ3v) is 6.96. The van der Waals surface area contributed by atoms with E-state index in [4.69, 9.17) is 4.74 Å². The van der Waals surface area contributed by atoms with Gasteiger partial charge in [0.25, 0.3) is 0 Å². The van der Waals surface area contributed by atoms with Crippen LogP contribution in [0.2, 0.25) is 0 Å². The number of carbonyl (C=O) groups is 1. The molecule has 0 radical (unpaired) electrons. The highest BCUT2D eigenvalue weighted by atomic mass is 32.2. The zero-order chi connectivity index (χ0) is 20.7. The molecular formula is C22H28N2O4S. The number of sulfonamides is 1. The fourth-order valence-electron chi connectivity index (χ4n) is 3.52. The highest BCUT2D eigenvalue weighted by Gasteiger charge is 2.33. The summed E-state index contributed by atoms with van der Waals surface area (Å²) in [5, 5.41) is 2.96. The first-order chi connectivity index (χ1) is 14.0. The van der Waals surface area contributed by atoms with E-state index in [0.717, 1.165) is 12.0 Å². The fraction of sp³-hybridized carbons (Fsp3) is 0.409. The summed E-state index contributed by atoms with van der Waals surface area (Å²) in [6.07, 6.45) is 2.13. The number of benzene rings is 2. The van der Waals surface area contributed by atoms with E-state index >= 15 is 0 Å². The average Bonchev–Trinajstić information content (AvgIpc) is 2.75. The van der Waals surface area contributed by atoms with Crippen LogP contribution in [0.4, 0.5) is 0 Å². The van der Waals surface area contributed by atoms with Gasteiger partial charge in [-0.15, -0.1) is 0 Å². The summed E-state index contributed by atoms with van der Waals surface area (Å²) in [7, 11) is -3.63. The van der Waals surface area contributed by atoms with E-state index in [1.807, 2.05) is 37.3 Å². The van der Waals surface area contributed by atoms with Crippen LogP contribution in [-0.2, 0) is 21.2 Å². The minimum atomic E-state index is -3.63. The molecule has 156 valence electrons. The van der Waals surface area contributed by atoms with Crippen molar-refractivity contribution in [3.63, 3.8) is 0 Å². The fourth-order valence-corrected chi connectivity index (χ4v) is 5.04. The van der Waals surface area contributed by atoms with Gasteiger partial charge < -0.3 is 10.1 Å². The van der Waals surface area contributed by atoms with Crippen LogP contribution in [0.1, 0.15) is 25.3 Å². The summed E-state index contributed by atoms with van der Waals surface area (Å²) >= 11 is 0. The number of carbonyl (C=O) groups excluding carboxylic acids is 1. The third-order valence-electron chi connectivity index (χ3n) is 5.08. The molecule has 0 bridgehead atoms. The summed E-state index contributed by atoms with van der Waals surface area (Å²) < 4.78 is 32.8. The van der Waals surface area contributed by atoms with E-state index < -0.39 is 10.0 Å². The summed E-state index contributed by atoms with van der Waals surface area (Å²) in [4.78, 5) is 12.8. The Morgan fingerprint density at radius 1 is 1.14 bits per heavy atom. The second-order valence-electron chi connectivity index (χ2n) is 7.13. The zero-order valence-corrected chi connectivity index (χ0v) is 17.5. The summed E-state index contributed by atoms with van der Waals surface area (Å²) in [5.41, 5.74) is 1.16. The molecular weight excluding hydrogens is 388 g/mol. The van der Waals surface area contributed by atoms with Gasteiger partial charge in [0.2, 0.25) is 15.9 Å². The molecule has 0 saturated carbocycles. The first-order valence-electron chi connectivity index (χ1n) is 10.1. The molecule has 1 saturated heterocycles. The van der Waals surface area contributed by atoms with Crippen molar-refractivity contribution in [1.29, 1.82) is 0 Å². The molecule has 1 aliphatic heterocycles. The summed E-state index contributed by atoms with van der Waals surface area (Å²) in [6.45, 7) is 3.60. The normalized spacial score (nSPS) is 17.6. The van der Waals surface area contributed by atoms with Crippen molar-refractivity contribution in [2.45, 2.75) is 31.1 Å². The van der Waals surface area contributed by atoms with Gasteiger partial charge in [-0.05, 0) is 56.0 Å². The van der Waals surface area contributed by atoms with Crippen LogP contribution in [0, 0.1) is 5.92 Å². The number of piperidine rings is 1. The van der Waals surface area contributed by atoms with E-state index in [1.54, 1.807) is 24.3 Å². The Balaban J connectivity index is 1.58. The first kappa shape index (κ1) is 21.3. The van der Waals surface area contributed by atoms with Crippen LogP contribution in [0.5, 0.6) is 5.75 Å². The number of nitrogens with zero attached hydrogens (tertiary/aromatic N) is 1. The average molecular weight is 417 g/mol. The minimum Gasteiger partial charge on any atom is -0.494 e. The van der Waals surface area contributed by atoms with E-state index in [1.165, 1.54) is 4.31 Å². The highest BCUT2D eigenvalue weighted by molar-refractivity contribution is 7.89. The first-order valence-corrected chi connectivity index (χ1v) is 11.5. The molecule has 3 rings (SSSR count). The molecule has 1 amide bonds. The minimum absolute atomic E-state index is 0.0764. The van der Waals surface area contributed by atoms with E-state index in [0.29, 0.717) is 38.3 Å². The number of amides is 1. The molecule has 0 aliphatic carbocycles. The van der Waals surface area contributed by atoms with Crippen molar-refractivity contribution in [3.8, 4) is 5.75 Å². The topological polar surface area (TPSA) is 75.7 Å². The molecule has 1 heterocycles. The van der Waals surface area contributed by atoms with Gasteiger partial charge >= 0.3 is 0 Å². The molecule has 29 heavy (non-hydrogen) atoms. The zero-order valence-electron chi connectivity index (χ0n) is 16.7. The maximum atomic E-state index is 13.0. The van der Waals surface area contributed by atoms with Gasteiger partial charge in [0.05, 0.1) is 17.4 Å². The van der Waals surface area contributed by atoms with Gasteiger partial charge in [0, 0.05) is 19.6 Å². The lowest BCUT2D eigenvalue weighted by atomic mass is 9.99. The molecule has 2 aromatic rings. The Labute approximate surface area is 172 Å². The predicted octanol–water partition coefficient (Wildman–Crippen LogP) is 2.84. The summed E-state index contributed by atoms with van der Waals surface area (Å²) in [6, 6.07) is 16.4. The van der Waals surface area contributed by atoms with Crippen molar-refractivity contribution in [3.05, 3.63) is 60.2 Å². The van der Waals surface area contributed by atoms with Crippen molar-refractivity contribution in [2.75, 3.05) is 26.2 Å². The SMILES string of the molecule is CCOc1ccc(S(=O)(=O)N2CCC[C@@H](C(=O)NCCc3ccccc3)C2)cc1. The molecule has 1 fully saturated rings. The van der Waals surface area contributed by atoms with Crippen LogP contribution in [0.3, 0.4) is 0 Å². The number of hydrogen-bond acceptors (Lipinski definition) is 4. The Hall–Kier alpha value is -2.38. The van der Waals surface area contributed by atoms with E-state index in [-0.39, 0.29) is 23.3 Å². The Morgan fingerprint density at radius 3 is 2.55 bits per heavy atom. The quantitative estimate of drug-likeness (QED) is 0.718. The molecule has 2 aromatic carbocycles. The molecule has 1 atom stereocenters. The lowest BCUT2D eigenvalue weighted by Gasteiger charge is -2.31. The second kappa shape index (κ2) is 9.89. The van der Waals surface area contributed by atoms with Gasteiger partial charge in [-0.25, -0.2) is 8.42 Å². The van der Waals surface area contributed by atoms with Crippen LogP contribution in [-0.4, -0.2) is 44.9 Å². The van der Waals surface area contributed by atoms with Gasteiger partial charge in [-0.1, -0.05) is 30.3 Å². The molecule has 1 aliphatic rings. The largest absolute Gasteiger partial charge is 0.494 e. The molecule has 1 N–H and O–H groups in total. The Morgan fingerprint density at radius 2 is 1.86 bits per heavy atom. The second-order valence-corrected chi connectivity index (χ2v) is 9.07. The molecule has 0 spiro atoms. The number of ether oxygens (including phenoxy) is 1. The summed E-state index contributed by atoms with van der Waals surface area (Å²) in [5.74, 6) is 0.241. The van der Waals surface area contributed by atoms with Crippen molar-refractivity contribution in [1.82, 2.24) is 9.62 Å². The van der Waals surface area contributed by atoms with Crippen LogP contribution in [0.15, 0.2) is 59.5 Å². The Kier molecular flexibility index (Phi) is 7.28. The molecule has 0 aromatic heterocycles. The standard InChI is InChI=1S/C22H28N2O4S/c1-2-28-20-10-12-21(13-11-20)29(26,27)24-16-6-9-19(17-24)22(25)23-15-14-18-7-4-3-5-8-18/h3-5,7-8,10-13,19H,2,6,9,14-17H2,1H3,(H,23,25)/t19-/m1/s1. The van der Waals surface area contributed by atoms with Crippen molar-refractivity contribution in [2.24, 2.45) is 5.92 Å².